The van der Waals surface area contributed by atoms with Gasteiger partial charge in [-0.1, -0.05) is 13.0 Å². The summed E-state index contributed by atoms with van der Waals surface area (Å²) in [4.78, 5) is 7.01. The summed E-state index contributed by atoms with van der Waals surface area (Å²) in [5.74, 6) is 0. The van der Waals surface area contributed by atoms with Crippen LogP contribution in [-0.4, -0.2) is 22.5 Å². The van der Waals surface area contributed by atoms with E-state index in [1.54, 1.807) is 0 Å². The molecule has 3 heteroatoms. The quantitative estimate of drug-likeness (QED) is 0.841. The van der Waals surface area contributed by atoms with E-state index in [1.807, 2.05) is 6.20 Å². The summed E-state index contributed by atoms with van der Waals surface area (Å²) >= 11 is 0. The standard InChI is InChI=1S/C13H21N3/c1-2-13-4-3-7-16(13)10-12-6-5-11(8-14)9-15-12/h5-6,9,13H,2-4,7-8,10,14H2,1H3. The first-order valence-electron chi connectivity index (χ1n) is 6.21. The van der Waals surface area contributed by atoms with E-state index >= 15 is 0 Å². The minimum atomic E-state index is 0.578. The molecule has 2 N–H and O–H groups in total. The first-order chi connectivity index (χ1) is 7.83. The molecule has 0 aliphatic carbocycles. The lowest BCUT2D eigenvalue weighted by Gasteiger charge is -2.22. The molecule has 1 aromatic heterocycles. The highest BCUT2D eigenvalue weighted by molar-refractivity contribution is 5.13. The van der Waals surface area contributed by atoms with Gasteiger partial charge in [-0.2, -0.15) is 0 Å². The molecule has 1 fully saturated rings. The van der Waals surface area contributed by atoms with Gasteiger partial charge in [0.25, 0.3) is 0 Å². The Kier molecular flexibility index (Phi) is 3.91. The minimum absolute atomic E-state index is 0.578. The Hall–Kier alpha value is -0.930. The van der Waals surface area contributed by atoms with Crippen molar-refractivity contribution in [2.45, 2.75) is 45.3 Å². The van der Waals surface area contributed by atoms with Gasteiger partial charge in [0.1, 0.15) is 0 Å². The number of hydrogen-bond donors (Lipinski definition) is 1. The Bertz CT molecular complexity index is 320. The predicted molar refractivity (Wildman–Crippen MR) is 65.9 cm³/mol. The lowest BCUT2D eigenvalue weighted by molar-refractivity contribution is 0.237. The smallest absolute Gasteiger partial charge is 0.0544 e. The van der Waals surface area contributed by atoms with Crippen molar-refractivity contribution in [1.29, 1.82) is 0 Å². The molecule has 0 aromatic carbocycles. The van der Waals surface area contributed by atoms with E-state index in [4.69, 9.17) is 5.73 Å². The Balaban J connectivity index is 1.97. The average molecular weight is 219 g/mol. The molecule has 16 heavy (non-hydrogen) atoms. The van der Waals surface area contributed by atoms with Crippen LogP contribution >= 0.6 is 0 Å². The molecule has 3 nitrogen and oxygen atoms in total. The fourth-order valence-corrected chi connectivity index (χ4v) is 2.44. The van der Waals surface area contributed by atoms with Crippen molar-refractivity contribution >= 4 is 0 Å². The third kappa shape index (κ3) is 2.60. The lowest BCUT2D eigenvalue weighted by atomic mass is 10.1. The molecule has 0 radical (unpaired) electrons. The first kappa shape index (κ1) is 11.6. The fourth-order valence-electron chi connectivity index (χ4n) is 2.44. The minimum Gasteiger partial charge on any atom is -0.326 e. The molecule has 1 atom stereocenters. The monoisotopic (exact) mass is 219 g/mol. The Morgan fingerprint density at radius 2 is 2.38 bits per heavy atom. The van der Waals surface area contributed by atoms with Crippen LogP contribution in [0.3, 0.4) is 0 Å². The van der Waals surface area contributed by atoms with Gasteiger partial charge >= 0.3 is 0 Å². The Morgan fingerprint density at radius 3 is 3.00 bits per heavy atom. The van der Waals surface area contributed by atoms with Gasteiger partial charge in [-0.3, -0.25) is 9.88 Å². The van der Waals surface area contributed by atoms with Gasteiger partial charge in [-0.05, 0) is 37.4 Å². The maximum absolute atomic E-state index is 5.56. The van der Waals surface area contributed by atoms with Crippen molar-refractivity contribution in [3.05, 3.63) is 29.6 Å². The molecule has 0 spiro atoms. The number of rotatable bonds is 4. The van der Waals surface area contributed by atoms with E-state index < -0.39 is 0 Å². The molecule has 2 heterocycles. The van der Waals surface area contributed by atoms with Crippen LogP contribution in [0, 0.1) is 0 Å². The zero-order valence-electron chi connectivity index (χ0n) is 10.0. The molecule has 0 saturated carbocycles. The van der Waals surface area contributed by atoms with Gasteiger partial charge in [0.05, 0.1) is 5.69 Å². The number of likely N-dealkylation sites (tertiary alicyclic amines) is 1. The molecule has 88 valence electrons. The summed E-state index contributed by atoms with van der Waals surface area (Å²) in [6.07, 6.45) is 5.82. The normalized spacial score (nSPS) is 21.5. The van der Waals surface area contributed by atoms with E-state index in [-0.39, 0.29) is 0 Å². The average Bonchev–Trinajstić information content (AvgIpc) is 2.77. The number of hydrogen-bond acceptors (Lipinski definition) is 3. The summed E-state index contributed by atoms with van der Waals surface area (Å²) in [5.41, 5.74) is 7.83. The van der Waals surface area contributed by atoms with Crippen molar-refractivity contribution in [3.63, 3.8) is 0 Å². The number of nitrogens with zero attached hydrogens (tertiary/aromatic N) is 2. The van der Waals surface area contributed by atoms with Crippen molar-refractivity contribution < 1.29 is 0 Å². The molecule has 0 amide bonds. The molecule has 1 aliphatic rings. The lowest BCUT2D eigenvalue weighted by Crippen LogP contribution is -2.28. The largest absolute Gasteiger partial charge is 0.326 e. The first-order valence-corrected chi connectivity index (χ1v) is 6.21. The zero-order chi connectivity index (χ0) is 11.4. The van der Waals surface area contributed by atoms with E-state index in [9.17, 15) is 0 Å². The van der Waals surface area contributed by atoms with Crippen LogP contribution in [-0.2, 0) is 13.1 Å². The third-order valence-corrected chi connectivity index (χ3v) is 3.46. The van der Waals surface area contributed by atoms with Crippen LogP contribution in [0.15, 0.2) is 18.3 Å². The topological polar surface area (TPSA) is 42.1 Å². The van der Waals surface area contributed by atoms with Gasteiger partial charge in [0.15, 0.2) is 0 Å². The van der Waals surface area contributed by atoms with Crippen molar-refractivity contribution in [1.82, 2.24) is 9.88 Å². The SMILES string of the molecule is CCC1CCCN1Cc1ccc(CN)cn1. The number of nitrogens with two attached hydrogens (primary N) is 1. The number of pyridine rings is 1. The van der Waals surface area contributed by atoms with Crippen LogP contribution in [0.2, 0.25) is 0 Å². The second-order valence-corrected chi connectivity index (χ2v) is 4.54. The Morgan fingerprint density at radius 1 is 1.50 bits per heavy atom. The molecule has 1 saturated heterocycles. The highest BCUT2D eigenvalue weighted by Crippen LogP contribution is 2.21. The van der Waals surface area contributed by atoms with Gasteiger partial charge in [0.2, 0.25) is 0 Å². The van der Waals surface area contributed by atoms with Gasteiger partial charge < -0.3 is 5.73 Å². The molecule has 2 rings (SSSR count). The van der Waals surface area contributed by atoms with Crippen molar-refractivity contribution in [2.75, 3.05) is 6.54 Å². The van der Waals surface area contributed by atoms with Crippen molar-refractivity contribution in [3.8, 4) is 0 Å². The second-order valence-electron chi connectivity index (χ2n) is 4.54. The zero-order valence-corrected chi connectivity index (χ0v) is 10.0. The summed E-state index contributed by atoms with van der Waals surface area (Å²) in [5, 5.41) is 0. The van der Waals surface area contributed by atoms with Crippen molar-refractivity contribution in [2.24, 2.45) is 5.73 Å². The van der Waals surface area contributed by atoms with Gasteiger partial charge in [-0.25, -0.2) is 0 Å². The summed E-state index contributed by atoms with van der Waals surface area (Å²) in [7, 11) is 0. The maximum Gasteiger partial charge on any atom is 0.0544 e. The van der Waals surface area contributed by atoms with Crippen LogP contribution in [0.1, 0.15) is 37.4 Å². The molecule has 1 aromatic rings. The third-order valence-electron chi connectivity index (χ3n) is 3.46. The van der Waals surface area contributed by atoms with Crippen LogP contribution in [0.25, 0.3) is 0 Å². The molecule has 1 unspecified atom stereocenters. The maximum atomic E-state index is 5.56. The Labute approximate surface area is 97.7 Å². The van der Waals surface area contributed by atoms with E-state index in [1.165, 1.54) is 25.8 Å². The van der Waals surface area contributed by atoms with Gasteiger partial charge in [-0.15, -0.1) is 0 Å². The predicted octanol–water partition coefficient (Wildman–Crippen LogP) is 1.91. The van der Waals surface area contributed by atoms with Crippen LogP contribution in [0.4, 0.5) is 0 Å². The van der Waals surface area contributed by atoms with Crippen LogP contribution in [0.5, 0.6) is 0 Å². The summed E-state index contributed by atoms with van der Waals surface area (Å²) in [6.45, 7) is 5.06. The van der Waals surface area contributed by atoms with Crippen LogP contribution < -0.4 is 5.73 Å². The molecular formula is C13H21N3. The van der Waals surface area contributed by atoms with E-state index in [0.717, 1.165) is 23.8 Å². The molecule has 0 bridgehead atoms. The van der Waals surface area contributed by atoms with Gasteiger partial charge in [0, 0.05) is 25.3 Å². The fraction of sp³-hybridized carbons (Fsp3) is 0.615. The highest BCUT2D eigenvalue weighted by atomic mass is 15.2. The summed E-state index contributed by atoms with van der Waals surface area (Å²) < 4.78 is 0. The molecular weight excluding hydrogens is 198 g/mol. The highest BCUT2D eigenvalue weighted by Gasteiger charge is 2.22. The summed E-state index contributed by atoms with van der Waals surface area (Å²) in [6, 6.07) is 4.95. The second kappa shape index (κ2) is 5.41. The molecule has 1 aliphatic heterocycles. The number of aromatic nitrogens is 1. The van der Waals surface area contributed by atoms with E-state index in [0.29, 0.717) is 6.54 Å². The van der Waals surface area contributed by atoms with E-state index in [2.05, 4.69) is 28.9 Å².